The van der Waals surface area contributed by atoms with E-state index in [4.69, 9.17) is 21.1 Å². The van der Waals surface area contributed by atoms with Gasteiger partial charge in [0.2, 0.25) is 0 Å². The molecule has 0 saturated heterocycles. The maximum Gasteiger partial charge on any atom is 0.179 e. The van der Waals surface area contributed by atoms with Gasteiger partial charge < -0.3 is 19.8 Å². The number of H-pyrrole nitrogens is 1. The lowest BCUT2D eigenvalue weighted by molar-refractivity contribution is 0.354. The molecule has 24 heavy (non-hydrogen) atoms. The molecule has 2 N–H and O–H groups in total. The Balaban J connectivity index is 1.60. The average molecular weight is 345 g/mol. The Morgan fingerprint density at radius 2 is 1.96 bits per heavy atom. The number of fused-ring (bicyclic) bond motifs is 1. The normalized spacial score (nSPS) is 11.0. The fourth-order valence-electron chi connectivity index (χ4n) is 2.87. The molecule has 0 aliphatic heterocycles. The van der Waals surface area contributed by atoms with Crippen molar-refractivity contribution in [2.24, 2.45) is 0 Å². The summed E-state index contributed by atoms with van der Waals surface area (Å²) in [6.07, 6.45) is 3.05. The van der Waals surface area contributed by atoms with Crippen LogP contribution in [0.25, 0.3) is 10.9 Å². The standard InChI is InChI=1S/C19H21ClN2O2/c1-23-18-10-13(9-16(20)19(18)24-2)11-21-8-7-14-12-22-17-6-4-3-5-15(14)17/h3-6,9-10,12,21-22H,7-8,11H2,1-2H3. The summed E-state index contributed by atoms with van der Waals surface area (Å²) in [7, 11) is 3.20. The molecule has 0 unspecified atom stereocenters. The SMILES string of the molecule is COc1cc(CNCCc2c[nH]c3ccccc23)cc(Cl)c1OC. The van der Waals surface area contributed by atoms with Gasteiger partial charge in [-0.3, -0.25) is 0 Å². The first-order valence-corrected chi connectivity index (χ1v) is 8.27. The molecule has 3 rings (SSSR count). The van der Waals surface area contributed by atoms with E-state index in [9.17, 15) is 0 Å². The van der Waals surface area contributed by atoms with E-state index in [2.05, 4.69) is 34.7 Å². The molecule has 0 saturated carbocycles. The molecule has 0 amide bonds. The number of para-hydroxylation sites is 1. The van der Waals surface area contributed by atoms with Gasteiger partial charge >= 0.3 is 0 Å². The summed E-state index contributed by atoms with van der Waals surface area (Å²) < 4.78 is 10.6. The first-order valence-electron chi connectivity index (χ1n) is 7.89. The van der Waals surface area contributed by atoms with E-state index >= 15 is 0 Å². The molecule has 1 aromatic heterocycles. The summed E-state index contributed by atoms with van der Waals surface area (Å²) in [5.74, 6) is 1.22. The lowest BCUT2D eigenvalue weighted by Gasteiger charge is -2.12. The topological polar surface area (TPSA) is 46.3 Å². The number of methoxy groups -OCH3 is 2. The average Bonchev–Trinajstić information content (AvgIpc) is 3.01. The van der Waals surface area contributed by atoms with Crippen LogP contribution in [0.4, 0.5) is 0 Å². The molecule has 5 heteroatoms. The largest absolute Gasteiger partial charge is 0.493 e. The Labute approximate surface area is 146 Å². The first-order chi connectivity index (χ1) is 11.7. The van der Waals surface area contributed by atoms with Crippen molar-refractivity contribution >= 4 is 22.5 Å². The zero-order valence-electron chi connectivity index (χ0n) is 13.9. The van der Waals surface area contributed by atoms with Gasteiger partial charge in [-0.25, -0.2) is 0 Å². The summed E-state index contributed by atoms with van der Waals surface area (Å²) in [6.45, 7) is 1.61. The number of aromatic amines is 1. The summed E-state index contributed by atoms with van der Waals surface area (Å²) in [6, 6.07) is 12.2. The Kier molecular flexibility index (Phi) is 5.28. The van der Waals surface area contributed by atoms with E-state index in [1.54, 1.807) is 14.2 Å². The van der Waals surface area contributed by atoms with E-state index in [-0.39, 0.29) is 0 Å². The Bertz CT molecular complexity index is 829. The Hall–Kier alpha value is -2.17. The lowest BCUT2D eigenvalue weighted by Crippen LogP contribution is -2.16. The molecule has 0 fully saturated rings. The van der Waals surface area contributed by atoms with Crippen molar-refractivity contribution in [3.63, 3.8) is 0 Å². The van der Waals surface area contributed by atoms with Crippen LogP contribution in [0.1, 0.15) is 11.1 Å². The predicted octanol–water partition coefficient (Wildman–Crippen LogP) is 4.17. The molecule has 1 heterocycles. The van der Waals surface area contributed by atoms with E-state index in [0.29, 0.717) is 16.5 Å². The van der Waals surface area contributed by atoms with E-state index in [1.807, 2.05) is 18.2 Å². The van der Waals surface area contributed by atoms with Gasteiger partial charge in [0, 0.05) is 23.6 Å². The van der Waals surface area contributed by atoms with Crippen molar-refractivity contribution in [3.8, 4) is 11.5 Å². The third-order valence-electron chi connectivity index (χ3n) is 4.07. The molecule has 0 aliphatic carbocycles. The fourth-order valence-corrected chi connectivity index (χ4v) is 3.18. The molecule has 0 bridgehead atoms. The van der Waals surface area contributed by atoms with Crippen LogP contribution in [0.2, 0.25) is 5.02 Å². The highest BCUT2D eigenvalue weighted by atomic mass is 35.5. The Morgan fingerprint density at radius 3 is 2.75 bits per heavy atom. The highest BCUT2D eigenvalue weighted by molar-refractivity contribution is 6.32. The molecule has 2 aromatic carbocycles. The second kappa shape index (κ2) is 7.60. The first kappa shape index (κ1) is 16.7. The zero-order chi connectivity index (χ0) is 16.9. The molecular formula is C19H21ClN2O2. The number of hydrogen-bond donors (Lipinski definition) is 2. The minimum atomic E-state index is 0.560. The quantitative estimate of drug-likeness (QED) is 0.632. The van der Waals surface area contributed by atoms with Crippen LogP contribution in [0.3, 0.4) is 0 Å². The lowest BCUT2D eigenvalue weighted by atomic mass is 10.1. The van der Waals surface area contributed by atoms with Gasteiger partial charge in [0.1, 0.15) is 0 Å². The fraction of sp³-hybridized carbons (Fsp3) is 0.263. The third kappa shape index (κ3) is 3.50. The smallest absolute Gasteiger partial charge is 0.179 e. The highest BCUT2D eigenvalue weighted by Gasteiger charge is 2.10. The van der Waals surface area contributed by atoms with E-state index in [1.165, 1.54) is 16.5 Å². The van der Waals surface area contributed by atoms with Gasteiger partial charge in [-0.2, -0.15) is 0 Å². The molecule has 126 valence electrons. The van der Waals surface area contributed by atoms with Crippen molar-refractivity contribution in [2.45, 2.75) is 13.0 Å². The second-order valence-corrected chi connectivity index (χ2v) is 6.01. The van der Waals surface area contributed by atoms with E-state index in [0.717, 1.165) is 25.1 Å². The molecule has 0 aliphatic rings. The highest BCUT2D eigenvalue weighted by Crippen LogP contribution is 2.35. The van der Waals surface area contributed by atoms with Crippen LogP contribution >= 0.6 is 11.6 Å². The molecule has 4 nitrogen and oxygen atoms in total. The predicted molar refractivity (Wildman–Crippen MR) is 98.3 cm³/mol. The van der Waals surface area contributed by atoms with Crippen LogP contribution in [0.15, 0.2) is 42.6 Å². The maximum atomic E-state index is 6.24. The van der Waals surface area contributed by atoms with Crippen molar-refractivity contribution in [1.82, 2.24) is 10.3 Å². The van der Waals surface area contributed by atoms with Crippen LogP contribution in [-0.2, 0) is 13.0 Å². The number of rotatable bonds is 7. The van der Waals surface area contributed by atoms with Gasteiger partial charge in [-0.1, -0.05) is 29.8 Å². The van der Waals surface area contributed by atoms with Crippen molar-refractivity contribution in [2.75, 3.05) is 20.8 Å². The van der Waals surface area contributed by atoms with Crippen LogP contribution in [-0.4, -0.2) is 25.7 Å². The van der Waals surface area contributed by atoms with E-state index < -0.39 is 0 Å². The maximum absolute atomic E-state index is 6.24. The van der Waals surface area contributed by atoms with Crippen molar-refractivity contribution in [1.29, 1.82) is 0 Å². The molecule has 0 atom stereocenters. The minimum absolute atomic E-state index is 0.560. The van der Waals surface area contributed by atoms with Crippen LogP contribution < -0.4 is 14.8 Å². The molecule has 0 radical (unpaired) electrons. The second-order valence-electron chi connectivity index (χ2n) is 5.60. The van der Waals surface area contributed by atoms with Gasteiger partial charge in [0.05, 0.1) is 19.2 Å². The number of aromatic nitrogens is 1. The molecular weight excluding hydrogens is 324 g/mol. The van der Waals surface area contributed by atoms with Crippen LogP contribution in [0.5, 0.6) is 11.5 Å². The monoisotopic (exact) mass is 344 g/mol. The number of nitrogens with one attached hydrogen (secondary N) is 2. The number of benzene rings is 2. The Morgan fingerprint density at radius 1 is 1.12 bits per heavy atom. The van der Waals surface area contributed by atoms with Gasteiger partial charge in [0.15, 0.2) is 11.5 Å². The molecule has 0 spiro atoms. The zero-order valence-corrected chi connectivity index (χ0v) is 14.6. The summed E-state index contributed by atoms with van der Waals surface area (Å²) in [5.41, 5.74) is 3.57. The summed E-state index contributed by atoms with van der Waals surface area (Å²) >= 11 is 6.24. The van der Waals surface area contributed by atoms with Gasteiger partial charge in [0.25, 0.3) is 0 Å². The summed E-state index contributed by atoms with van der Waals surface area (Å²) in [4.78, 5) is 3.31. The summed E-state index contributed by atoms with van der Waals surface area (Å²) in [5, 5.41) is 5.30. The van der Waals surface area contributed by atoms with Crippen molar-refractivity contribution in [3.05, 3.63) is 58.7 Å². The minimum Gasteiger partial charge on any atom is -0.493 e. The van der Waals surface area contributed by atoms with Gasteiger partial charge in [-0.05, 0) is 42.3 Å². The number of hydrogen-bond acceptors (Lipinski definition) is 3. The molecule has 3 aromatic rings. The third-order valence-corrected chi connectivity index (χ3v) is 4.35. The van der Waals surface area contributed by atoms with Crippen molar-refractivity contribution < 1.29 is 9.47 Å². The van der Waals surface area contributed by atoms with Crippen LogP contribution in [0, 0.1) is 0 Å². The van der Waals surface area contributed by atoms with Gasteiger partial charge in [-0.15, -0.1) is 0 Å². The number of ether oxygens (including phenoxy) is 2. The number of halogens is 1.